The topological polar surface area (TPSA) is 62.4 Å². The molecule has 0 aliphatic carbocycles. The number of hydrogen-bond acceptors (Lipinski definition) is 6. The Morgan fingerprint density at radius 1 is 0.959 bits per heavy atom. The number of rotatable bonds is 10. The minimum atomic E-state index is -3.16. The molecule has 10 heteroatoms. The van der Waals surface area contributed by atoms with E-state index in [-0.39, 0.29) is 12.1 Å². The van der Waals surface area contributed by atoms with Crippen molar-refractivity contribution in [3.63, 3.8) is 0 Å². The van der Waals surface area contributed by atoms with Crippen LogP contribution >= 0.6 is 11.3 Å². The molecule has 0 bridgehead atoms. The number of thiazole rings is 1. The predicted octanol–water partition coefficient (Wildman–Crippen LogP) is 7.30. The number of aromatic amines is 1. The summed E-state index contributed by atoms with van der Waals surface area (Å²) in [5.74, 6) is -3.14. The first-order chi connectivity index (χ1) is 23.6. The van der Waals surface area contributed by atoms with Crippen molar-refractivity contribution in [2.75, 3.05) is 26.2 Å². The number of ether oxygens (including phenoxy) is 1. The molecule has 49 heavy (non-hydrogen) atoms. The Morgan fingerprint density at radius 2 is 1.63 bits per heavy atom. The molecular weight excluding hydrogens is 655 g/mol. The molecule has 5 aromatic rings. The zero-order valence-electron chi connectivity index (χ0n) is 28.7. The van der Waals surface area contributed by atoms with E-state index < -0.39 is 38.5 Å². The first-order valence-corrected chi connectivity index (χ1v) is 20.1. The second-order valence-corrected chi connectivity index (χ2v) is 19.9. The van der Waals surface area contributed by atoms with Gasteiger partial charge in [0.2, 0.25) is 0 Å². The van der Waals surface area contributed by atoms with E-state index in [0.29, 0.717) is 11.6 Å². The Bertz CT molecular complexity index is 1810. The number of hydrogen-bond donors (Lipinski definition) is 2. The Labute approximate surface area is 293 Å². The largest absolute Gasteiger partial charge is 0.465 e. The summed E-state index contributed by atoms with van der Waals surface area (Å²) < 4.78 is 46.5. The van der Waals surface area contributed by atoms with E-state index in [4.69, 9.17) is 9.16 Å². The average Bonchev–Trinajstić information content (AvgIpc) is 3.70. The van der Waals surface area contributed by atoms with Crippen LogP contribution in [0.1, 0.15) is 62.7 Å². The predicted molar refractivity (Wildman–Crippen MR) is 197 cm³/mol. The highest BCUT2D eigenvalue weighted by molar-refractivity contribution is 7.13. The van der Waals surface area contributed by atoms with Gasteiger partial charge in [-0.15, -0.1) is 0 Å². The van der Waals surface area contributed by atoms with Gasteiger partial charge in [-0.1, -0.05) is 111 Å². The van der Waals surface area contributed by atoms with Crippen LogP contribution in [0, 0.1) is 0 Å². The molecule has 7 rings (SSSR count). The molecule has 0 radical (unpaired) electrons. The SMILES string of the molecule is C[C@@H]1Cc2c([nH]c3ccccc23)[C@@H](c2cnc(O[C@H]3CCCNC3)s2)N1CC(F)(F)CO[Si](c1ccccc1)(c1ccccc1)C(C)(C)C. The van der Waals surface area contributed by atoms with Gasteiger partial charge in [-0.05, 0) is 59.8 Å². The van der Waals surface area contributed by atoms with Crippen molar-refractivity contribution in [3.05, 3.63) is 107 Å². The maximum Gasteiger partial charge on any atom is 0.282 e. The lowest BCUT2D eigenvalue weighted by molar-refractivity contribution is -0.0818. The Hall–Kier alpha value is -3.41. The van der Waals surface area contributed by atoms with Gasteiger partial charge in [0.25, 0.3) is 19.4 Å². The van der Waals surface area contributed by atoms with Crippen LogP contribution in [0.4, 0.5) is 8.78 Å². The number of benzene rings is 3. The zero-order valence-corrected chi connectivity index (χ0v) is 30.5. The minimum Gasteiger partial charge on any atom is -0.465 e. The number of halogens is 2. The number of piperidine rings is 1. The molecule has 2 aliphatic rings. The van der Waals surface area contributed by atoms with Crippen molar-refractivity contribution in [2.45, 2.75) is 76.1 Å². The van der Waals surface area contributed by atoms with Crippen LogP contribution in [0.25, 0.3) is 10.9 Å². The van der Waals surface area contributed by atoms with Crippen LogP contribution in [0.3, 0.4) is 0 Å². The first kappa shape index (κ1) is 34.1. The Kier molecular flexibility index (Phi) is 9.53. The Morgan fingerprint density at radius 3 is 2.29 bits per heavy atom. The van der Waals surface area contributed by atoms with E-state index in [1.807, 2.05) is 83.9 Å². The van der Waals surface area contributed by atoms with Crippen LogP contribution in [-0.2, 0) is 10.8 Å². The van der Waals surface area contributed by atoms with Crippen LogP contribution in [0.15, 0.2) is 91.1 Å². The number of fused-ring (bicyclic) bond motifs is 3. The highest BCUT2D eigenvalue weighted by Crippen LogP contribution is 2.45. The third kappa shape index (κ3) is 6.73. The van der Waals surface area contributed by atoms with E-state index in [1.165, 1.54) is 16.9 Å². The van der Waals surface area contributed by atoms with Crippen LogP contribution in [0.2, 0.25) is 5.04 Å². The molecule has 2 aliphatic heterocycles. The van der Waals surface area contributed by atoms with Crippen molar-refractivity contribution in [3.8, 4) is 5.19 Å². The lowest BCUT2D eigenvalue weighted by Gasteiger charge is -2.45. The van der Waals surface area contributed by atoms with E-state index in [0.717, 1.165) is 57.8 Å². The summed E-state index contributed by atoms with van der Waals surface area (Å²) in [6.07, 6.45) is 4.56. The molecule has 0 saturated carbocycles. The molecule has 3 atom stereocenters. The quantitative estimate of drug-likeness (QED) is 0.150. The molecule has 6 nitrogen and oxygen atoms in total. The zero-order chi connectivity index (χ0) is 34.2. The summed E-state index contributed by atoms with van der Waals surface area (Å²) in [7, 11) is -3.16. The van der Waals surface area contributed by atoms with E-state index in [2.05, 4.69) is 55.1 Å². The van der Waals surface area contributed by atoms with Gasteiger partial charge in [0.15, 0.2) is 0 Å². The van der Waals surface area contributed by atoms with Gasteiger partial charge in [-0.3, -0.25) is 4.90 Å². The smallest absolute Gasteiger partial charge is 0.282 e. The van der Waals surface area contributed by atoms with Gasteiger partial charge >= 0.3 is 0 Å². The van der Waals surface area contributed by atoms with Crippen molar-refractivity contribution >= 4 is 40.9 Å². The number of aromatic nitrogens is 2. The van der Waals surface area contributed by atoms with Crippen molar-refractivity contribution < 1.29 is 17.9 Å². The normalized spacial score (nSPS) is 20.7. The third-order valence-corrected chi connectivity index (χ3v) is 16.1. The van der Waals surface area contributed by atoms with Crippen LogP contribution in [0.5, 0.6) is 5.19 Å². The second-order valence-electron chi connectivity index (χ2n) is 14.6. The summed E-state index contributed by atoms with van der Waals surface area (Å²) in [5, 5.41) is 6.69. The molecule has 1 fully saturated rings. The van der Waals surface area contributed by atoms with Crippen molar-refractivity contribution in [1.29, 1.82) is 0 Å². The molecule has 258 valence electrons. The average molecular weight is 701 g/mol. The number of para-hydroxylation sites is 1. The number of nitrogens with zero attached hydrogens (tertiary/aromatic N) is 2. The molecule has 4 heterocycles. The number of nitrogens with one attached hydrogen (secondary N) is 2. The summed E-state index contributed by atoms with van der Waals surface area (Å²) >= 11 is 1.46. The van der Waals surface area contributed by atoms with Crippen molar-refractivity contribution in [1.82, 2.24) is 20.2 Å². The van der Waals surface area contributed by atoms with Gasteiger partial charge in [-0.2, -0.15) is 0 Å². The summed E-state index contributed by atoms with van der Waals surface area (Å²) in [4.78, 5) is 11.1. The highest BCUT2D eigenvalue weighted by Gasteiger charge is 2.52. The Balaban J connectivity index is 1.22. The summed E-state index contributed by atoms with van der Waals surface area (Å²) in [6, 6.07) is 27.6. The number of H-pyrrole nitrogens is 1. The maximum absolute atomic E-state index is 16.7. The van der Waals surface area contributed by atoms with Gasteiger partial charge in [0.05, 0.1) is 24.1 Å². The second kappa shape index (κ2) is 13.7. The molecular formula is C39H46F2N4O2SSi. The lowest BCUT2D eigenvalue weighted by Crippen LogP contribution is -2.67. The highest BCUT2D eigenvalue weighted by atomic mass is 32.1. The fourth-order valence-corrected chi connectivity index (χ4v) is 13.4. The fraction of sp³-hybridized carbons (Fsp3) is 0.410. The van der Waals surface area contributed by atoms with Crippen LogP contribution < -0.4 is 20.4 Å². The molecule has 3 aromatic carbocycles. The monoisotopic (exact) mass is 700 g/mol. The molecule has 0 spiro atoms. The third-order valence-electron chi connectivity index (χ3n) is 10.1. The van der Waals surface area contributed by atoms with Crippen molar-refractivity contribution in [2.24, 2.45) is 0 Å². The summed E-state index contributed by atoms with van der Waals surface area (Å²) in [6.45, 7) is 9.05. The molecule has 1 saturated heterocycles. The van der Waals surface area contributed by atoms with E-state index in [1.54, 1.807) is 0 Å². The van der Waals surface area contributed by atoms with Crippen LogP contribution in [-0.4, -0.2) is 67.5 Å². The van der Waals surface area contributed by atoms with Gasteiger partial charge < -0.3 is 19.5 Å². The van der Waals surface area contributed by atoms with E-state index in [9.17, 15) is 0 Å². The molecule has 0 unspecified atom stereocenters. The molecule has 2 N–H and O–H groups in total. The first-order valence-electron chi connectivity index (χ1n) is 17.4. The van der Waals surface area contributed by atoms with Gasteiger partial charge in [-0.25, -0.2) is 13.8 Å². The lowest BCUT2D eigenvalue weighted by atomic mass is 9.91. The van der Waals surface area contributed by atoms with E-state index >= 15 is 8.78 Å². The van der Waals surface area contributed by atoms with Gasteiger partial charge in [0.1, 0.15) is 6.10 Å². The molecule has 0 amide bonds. The summed E-state index contributed by atoms with van der Waals surface area (Å²) in [5.41, 5.74) is 3.16. The standard InChI is InChI=1S/C39H46F2N4O2SSi/c1-27-22-32-31-19-11-12-20-33(31)44-35(32)36(34-24-43-37(48-34)47-28-14-13-21-42-23-28)45(27)25-39(40,41)26-46-49(38(2,3)4,29-15-7-5-8-16-29)30-17-9-6-10-18-30/h5-12,15-20,24,27-28,36,42,44H,13-14,21-23,25-26H2,1-4H3/t27-,28+,36-/m1/s1. The molecule has 2 aromatic heterocycles. The minimum absolute atomic E-state index is 0.0562. The number of alkyl halides is 2. The maximum atomic E-state index is 16.7. The fourth-order valence-electron chi connectivity index (χ4n) is 7.86. The van der Waals surface area contributed by atoms with Gasteiger partial charge in [0, 0.05) is 35.4 Å².